The molecule has 0 spiro atoms. The zero-order valence-corrected chi connectivity index (χ0v) is 14.1. The minimum atomic E-state index is -0.742. The fourth-order valence-corrected chi connectivity index (χ4v) is 2.60. The zero-order valence-electron chi connectivity index (χ0n) is 13.3. The van der Waals surface area contributed by atoms with Gasteiger partial charge in [0.15, 0.2) is 5.78 Å². The first-order valence-electron chi connectivity index (χ1n) is 7.55. The van der Waals surface area contributed by atoms with Crippen LogP contribution in [0.2, 0.25) is 5.02 Å². The average molecular weight is 358 g/mol. The lowest BCUT2D eigenvalue weighted by atomic mass is 10.0. The summed E-state index contributed by atoms with van der Waals surface area (Å²) >= 11 is 5.89. The molecule has 3 aromatic carbocycles. The Kier molecular flexibility index (Phi) is 4.81. The Morgan fingerprint density at radius 3 is 2.04 bits per heavy atom. The molecule has 0 fully saturated rings. The highest BCUT2D eigenvalue weighted by Crippen LogP contribution is 2.26. The maximum absolute atomic E-state index is 13.8. The van der Waals surface area contributed by atoms with Crippen LogP contribution in [0.1, 0.15) is 15.9 Å². The van der Waals surface area contributed by atoms with Gasteiger partial charge >= 0.3 is 0 Å². The molecule has 0 aliphatic heterocycles. The van der Waals surface area contributed by atoms with Crippen molar-refractivity contribution in [1.29, 1.82) is 0 Å². The van der Waals surface area contributed by atoms with E-state index < -0.39 is 17.4 Å². The molecule has 2 nitrogen and oxygen atoms in total. The summed E-state index contributed by atoms with van der Waals surface area (Å²) in [7, 11) is 1.88. The van der Waals surface area contributed by atoms with Crippen molar-refractivity contribution in [3.8, 4) is 0 Å². The SMILES string of the molecule is CN(c1ccc(Cl)cc1)c1ccc(C(=O)c2cc(F)ccc2F)cc1. The maximum atomic E-state index is 13.8. The van der Waals surface area contributed by atoms with Gasteiger partial charge in [-0.15, -0.1) is 0 Å². The Balaban J connectivity index is 1.85. The molecule has 0 unspecified atom stereocenters. The number of rotatable bonds is 4. The number of anilines is 2. The monoisotopic (exact) mass is 357 g/mol. The minimum absolute atomic E-state index is 0.279. The highest BCUT2D eigenvalue weighted by Gasteiger charge is 2.15. The van der Waals surface area contributed by atoms with E-state index in [0.29, 0.717) is 5.02 Å². The molecule has 0 heterocycles. The van der Waals surface area contributed by atoms with Crippen LogP contribution in [0.25, 0.3) is 0 Å². The number of halogens is 3. The second-order valence-corrected chi connectivity index (χ2v) is 5.97. The Labute approximate surface area is 149 Å². The van der Waals surface area contributed by atoms with Crippen LogP contribution < -0.4 is 4.90 Å². The Bertz CT molecular complexity index is 908. The van der Waals surface area contributed by atoms with Gasteiger partial charge in [0, 0.05) is 29.0 Å². The second kappa shape index (κ2) is 7.03. The first-order chi connectivity index (χ1) is 12.0. The molecule has 0 bridgehead atoms. The Morgan fingerprint density at radius 1 is 0.880 bits per heavy atom. The van der Waals surface area contributed by atoms with Gasteiger partial charge in [0.05, 0.1) is 5.56 Å². The van der Waals surface area contributed by atoms with E-state index in [-0.39, 0.29) is 11.1 Å². The Hall–Kier alpha value is -2.72. The van der Waals surface area contributed by atoms with Crippen LogP contribution in [0.5, 0.6) is 0 Å². The van der Waals surface area contributed by atoms with E-state index in [9.17, 15) is 13.6 Å². The normalized spacial score (nSPS) is 10.6. The lowest BCUT2D eigenvalue weighted by molar-refractivity contribution is 0.103. The number of hydrogen-bond donors (Lipinski definition) is 0. The van der Waals surface area contributed by atoms with Crippen molar-refractivity contribution < 1.29 is 13.6 Å². The van der Waals surface area contributed by atoms with Crippen LogP contribution in [-0.4, -0.2) is 12.8 Å². The number of hydrogen-bond acceptors (Lipinski definition) is 2. The summed E-state index contributed by atoms with van der Waals surface area (Å²) < 4.78 is 27.0. The van der Waals surface area contributed by atoms with E-state index >= 15 is 0 Å². The van der Waals surface area contributed by atoms with Gasteiger partial charge in [0.2, 0.25) is 0 Å². The second-order valence-electron chi connectivity index (χ2n) is 5.54. The molecule has 0 amide bonds. The molecule has 25 heavy (non-hydrogen) atoms. The summed E-state index contributed by atoms with van der Waals surface area (Å²) in [6.45, 7) is 0. The van der Waals surface area contributed by atoms with Crippen LogP contribution in [0.4, 0.5) is 20.2 Å². The van der Waals surface area contributed by atoms with Crippen molar-refractivity contribution in [2.75, 3.05) is 11.9 Å². The summed E-state index contributed by atoms with van der Waals surface area (Å²) in [5, 5.41) is 0.648. The molecular formula is C20H14ClF2NO. The van der Waals surface area contributed by atoms with Crippen LogP contribution in [0, 0.1) is 11.6 Å². The van der Waals surface area contributed by atoms with Crippen molar-refractivity contribution in [3.63, 3.8) is 0 Å². The highest BCUT2D eigenvalue weighted by molar-refractivity contribution is 6.30. The molecule has 0 saturated heterocycles. The molecule has 0 N–H and O–H groups in total. The molecule has 0 aliphatic carbocycles. The molecular weight excluding hydrogens is 344 g/mol. The largest absolute Gasteiger partial charge is 0.345 e. The van der Waals surface area contributed by atoms with Gasteiger partial charge in [-0.05, 0) is 66.7 Å². The van der Waals surface area contributed by atoms with E-state index in [0.717, 1.165) is 29.6 Å². The Morgan fingerprint density at radius 2 is 1.44 bits per heavy atom. The summed E-state index contributed by atoms with van der Waals surface area (Å²) in [6.07, 6.45) is 0. The first kappa shape index (κ1) is 17.1. The number of carbonyl (C=O) groups excluding carboxylic acids is 1. The topological polar surface area (TPSA) is 20.3 Å². The molecule has 3 aromatic rings. The van der Waals surface area contributed by atoms with Crippen LogP contribution in [0.3, 0.4) is 0 Å². The van der Waals surface area contributed by atoms with E-state index in [1.54, 1.807) is 36.4 Å². The average Bonchev–Trinajstić information content (AvgIpc) is 2.63. The predicted molar refractivity (Wildman–Crippen MR) is 95.7 cm³/mol. The summed E-state index contributed by atoms with van der Waals surface area (Å²) in [5.41, 5.74) is 1.79. The molecule has 5 heteroatoms. The van der Waals surface area contributed by atoms with Crippen LogP contribution in [-0.2, 0) is 0 Å². The van der Waals surface area contributed by atoms with E-state index in [2.05, 4.69) is 0 Å². The molecule has 126 valence electrons. The third-order valence-corrected chi connectivity index (χ3v) is 4.16. The zero-order chi connectivity index (χ0) is 18.0. The molecule has 0 radical (unpaired) electrons. The molecule has 0 atom stereocenters. The van der Waals surface area contributed by atoms with Gasteiger partial charge in [-0.2, -0.15) is 0 Å². The van der Waals surface area contributed by atoms with Gasteiger partial charge in [-0.1, -0.05) is 11.6 Å². The van der Waals surface area contributed by atoms with Gasteiger partial charge in [-0.25, -0.2) is 8.78 Å². The molecule has 0 aliphatic rings. The minimum Gasteiger partial charge on any atom is -0.345 e. The van der Waals surface area contributed by atoms with Gasteiger partial charge in [0.25, 0.3) is 0 Å². The van der Waals surface area contributed by atoms with E-state index in [1.165, 1.54) is 0 Å². The maximum Gasteiger partial charge on any atom is 0.196 e. The predicted octanol–water partition coefficient (Wildman–Crippen LogP) is 5.62. The van der Waals surface area contributed by atoms with Crippen molar-refractivity contribution >= 4 is 28.8 Å². The van der Waals surface area contributed by atoms with Crippen molar-refractivity contribution in [3.05, 3.63) is 94.5 Å². The summed E-state index contributed by atoms with van der Waals surface area (Å²) in [6, 6.07) is 16.9. The van der Waals surface area contributed by atoms with Crippen molar-refractivity contribution in [2.45, 2.75) is 0 Å². The molecule has 0 aromatic heterocycles. The number of benzene rings is 3. The smallest absolute Gasteiger partial charge is 0.196 e. The third kappa shape index (κ3) is 3.69. The highest BCUT2D eigenvalue weighted by atomic mass is 35.5. The number of ketones is 1. The fourth-order valence-electron chi connectivity index (χ4n) is 2.48. The molecule has 3 rings (SSSR count). The third-order valence-electron chi connectivity index (χ3n) is 3.90. The van der Waals surface area contributed by atoms with Crippen LogP contribution >= 0.6 is 11.6 Å². The standard InChI is InChI=1S/C20H14ClF2NO/c1-24(17-9-4-14(21)5-10-17)16-7-2-13(3-8-16)20(25)18-12-15(22)6-11-19(18)23/h2-12H,1H3. The van der Waals surface area contributed by atoms with Crippen molar-refractivity contribution in [1.82, 2.24) is 0 Å². The number of carbonyl (C=O) groups is 1. The van der Waals surface area contributed by atoms with E-state index in [1.807, 2.05) is 24.1 Å². The summed E-state index contributed by atoms with van der Waals surface area (Å²) in [4.78, 5) is 14.3. The first-order valence-corrected chi connectivity index (χ1v) is 7.92. The lowest BCUT2D eigenvalue weighted by Crippen LogP contribution is -2.10. The van der Waals surface area contributed by atoms with Gasteiger partial charge in [0.1, 0.15) is 11.6 Å². The van der Waals surface area contributed by atoms with Gasteiger partial charge < -0.3 is 4.90 Å². The number of nitrogens with zero attached hydrogens (tertiary/aromatic N) is 1. The van der Waals surface area contributed by atoms with E-state index in [4.69, 9.17) is 11.6 Å². The summed E-state index contributed by atoms with van der Waals surface area (Å²) in [5.74, 6) is -1.95. The van der Waals surface area contributed by atoms with Crippen molar-refractivity contribution in [2.24, 2.45) is 0 Å². The molecule has 0 saturated carbocycles. The van der Waals surface area contributed by atoms with Gasteiger partial charge in [-0.3, -0.25) is 4.79 Å². The quantitative estimate of drug-likeness (QED) is 0.565. The fraction of sp³-hybridized carbons (Fsp3) is 0.0500. The van der Waals surface area contributed by atoms with Crippen LogP contribution in [0.15, 0.2) is 66.7 Å². The lowest BCUT2D eigenvalue weighted by Gasteiger charge is -2.19.